The molecule has 0 atom stereocenters. The van der Waals surface area contributed by atoms with Crippen molar-refractivity contribution in [3.63, 3.8) is 0 Å². The third kappa shape index (κ3) is 6.01. The summed E-state index contributed by atoms with van der Waals surface area (Å²) in [5.41, 5.74) is 1.28. The smallest absolute Gasteiger partial charge is 0.0635 e. The van der Waals surface area contributed by atoms with E-state index in [9.17, 15) is 0 Å². The lowest BCUT2D eigenvalue weighted by Gasteiger charge is -2.20. The number of methoxy groups -OCH3 is 1. The van der Waals surface area contributed by atoms with E-state index in [0.717, 1.165) is 19.6 Å². The van der Waals surface area contributed by atoms with Crippen LogP contribution in [0.15, 0.2) is 24.3 Å². The topological polar surface area (TPSA) is 36.3 Å². The zero-order valence-electron chi connectivity index (χ0n) is 10.0. The van der Waals surface area contributed by atoms with Crippen LogP contribution in [-0.4, -0.2) is 31.7 Å². The maximum atomic E-state index is 8.63. The molecule has 0 N–H and O–H groups in total. The minimum Gasteiger partial charge on any atom is -0.383 e. The van der Waals surface area contributed by atoms with Gasteiger partial charge in [-0.3, -0.25) is 4.90 Å². The van der Waals surface area contributed by atoms with Crippen molar-refractivity contribution in [2.24, 2.45) is 0 Å². The first kappa shape index (κ1) is 14.4. The Kier molecular flexibility index (Phi) is 7.17. The lowest BCUT2D eigenvalue weighted by molar-refractivity contribution is 0.145. The molecule has 0 fully saturated rings. The molecule has 0 aliphatic carbocycles. The van der Waals surface area contributed by atoms with Crippen molar-refractivity contribution in [1.82, 2.24) is 4.90 Å². The second kappa shape index (κ2) is 8.45. The molecule has 0 saturated carbocycles. The Morgan fingerprint density at radius 2 is 2.00 bits per heavy atom. The zero-order chi connectivity index (χ0) is 12.5. The van der Waals surface area contributed by atoms with Gasteiger partial charge < -0.3 is 4.74 Å². The van der Waals surface area contributed by atoms with Gasteiger partial charge in [-0.25, -0.2) is 0 Å². The van der Waals surface area contributed by atoms with Crippen LogP contribution in [0.3, 0.4) is 0 Å². The Hall–Kier alpha value is -0.640. The zero-order valence-corrected chi connectivity index (χ0v) is 12.2. The highest BCUT2D eigenvalue weighted by Crippen LogP contribution is 2.09. The molecular formula is C13H17IN2O. The van der Waals surface area contributed by atoms with Gasteiger partial charge >= 0.3 is 0 Å². The highest BCUT2D eigenvalue weighted by molar-refractivity contribution is 14.1. The summed E-state index contributed by atoms with van der Waals surface area (Å²) in [6.07, 6.45) is 0.564. The largest absolute Gasteiger partial charge is 0.383 e. The summed E-state index contributed by atoms with van der Waals surface area (Å²) < 4.78 is 6.33. The summed E-state index contributed by atoms with van der Waals surface area (Å²) in [4.78, 5) is 2.24. The first-order valence-corrected chi connectivity index (χ1v) is 6.67. The molecular weight excluding hydrogens is 327 g/mol. The number of benzene rings is 1. The van der Waals surface area contributed by atoms with Crippen molar-refractivity contribution in [2.45, 2.75) is 13.0 Å². The first-order chi connectivity index (χ1) is 8.26. The fraction of sp³-hybridized carbons (Fsp3) is 0.462. The summed E-state index contributed by atoms with van der Waals surface area (Å²) in [5.74, 6) is 0. The van der Waals surface area contributed by atoms with E-state index in [4.69, 9.17) is 10.00 Å². The maximum absolute atomic E-state index is 8.63. The van der Waals surface area contributed by atoms with Gasteiger partial charge in [0, 0.05) is 36.7 Å². The van der Waals surface area contributed by atoms with Crippen molar-refractivity contribution in [2.75, 3.05) is 26.8 Å². The number of nitriles is 1. The van der Waals surface area contributed by atoms with Crippen molar-refractivity contribution >= 4 is 22.6 Å². The Labute approximate surface area is 117 Å². The SMILES string of the molecule is COCCN(CCC#N)Cc1ccc(I)cc1. The summed E-state index contributed by atoms with van der Waals surface area (Å²) in [6.45, 7) is 3.24. The quantitative estimate of drug-likeness (QED) is 0.714. The predicted molar refractivity (Wildman–Crippen MR) is 76.5 cm³/mol. The van der Waals surface area contributed by atoms with Gasteiger partial charge in [0.05, 0.1) is 12.7 Å². The molecule has 92 valence electrons. The number of hydrogen-bond donors (Lipinski definition) is 0. The number of nitrogens with zero attached hydrogens (tertiary/aromatic N) is 2. The number of halogens is 1. The number of hydrogen-bond acceptors (Lipinski definition) is 3. The molecule has 0 aliphatic heterocycles. The van der Waals surface area contributed by atoms with Gasteiger partial charge in [-0.05, 0) is 40.3 Å². The summed E-state index contributed by atoms with van der Waals surface area (Å²) in [5, 5.41) is 8.63. The summed E-state index contributed by atoms with van der Waals surface area (Å²) in [7, 11) is 1.70. The lowest BCUT2D eigenvalue weighted by atomic mass is 10.2. The van der Waals surface area contributed by atoms with Gasteiger partial charge in [0.1, 0.15) is 0 Å². The van der Waals surface area contributed by atoms with Gasteiger partial charge in [-0.1, -0.05) is 12.1 Å². The van der Waals surface area contributed by atoms with E-state index in [1.807, 2.05) is 0 Å². The molecule has 3 nitrogen and oxygen atoms in total. The molecule has 1 aromatic carbocycles. The molecule has 1 rings (SSSR count). The van der Waals surface area contributed by atoms with Crippen molar-refractivity contribution < 1.29 is 4.74 Å². The van der Waals surface area contributed by atoms with Crippen LogP contribution in [0.25, 0.3) is 0 Å². The molecule has 0 unspecified atom stereocenters. The second-order valence-corrected chi connectivity index (χ2v) is 5.05. The highest BCUT2D eigenvalue weighted by atomic mass is 127. The van der Waals surface area contributed by atoms with E-state index >= 15 is 0 Å². The standard InChI is InChI=1S/C13H17IN2O/c1-17-10-9-16(8-2-7-15)11-12-3-5-13(14)6-4-12/h3-6H,2,8-11H2,1H3. The number of ether oxygens (including phenoxy) is 1. The number of rotatable bonds is 7. The van der Waals surface area contributed by atoms with Gasteiger partial charge in [0.2, 0.25) is 0 Å². The van der Waals surface area contributed by atoms with Gasteiger partial charge in [-0.2, -0.15) is 5.26 Å². The molecule has 1 aromatic rings. The van der Waals surface area contributed by atoms with Gasteiger partial charge in [-0.15, -0.1) is 0 Å². The molecule has 0 spiro atoms. The van der Waals surface area contributed by atoms with E-state index in [2.05, 4.69) is 57.8 Å². The third-order valence-electron chi connectivity index (χ3n) is 2.47. The van der Waals surface area contributed by atoms with E-state index in [-0.39, 0.29) is 0 Å². The van der Waals surface area contributed by atoms with Crippen molar-refractivity contribution in [3.05, 3.63) is 33.4 Å². The Bertz CT molecular complexity index is 359. The average molecular weight is 344 g/mol. The van der Waals surface area contributed by atoms with Crippen molar-refractivity contribution in [1.29, 1.82) is 5.26 Å². The van der Waals surface area contributed by atoms with Crippen LogP contribution < -0.4 is 0 Å². The molecule has 17 heavy (non-hydrogen) atoms. The van der Waals surface area contributed by atoms with Crippen LogP contribution in [-0.2, 0) is 11.3 Å². The lowest BCUT2D eigenvalue weighted by Crippen LogP contribution is -2.27. The monoisotopic (exact) mass is 344 g/mol. The summed E-state index contributed by atoms with van der Waals surface area (Å²) >= 11 is 2.30. The fourth-order valence-corrected chi connectivity index (χ4v) is 1.91. The van der Waals surface area contributed by atoms with Crippen LogP contribution in [0, 0.1) is 14.9 Å². The molecule has 0 aromatic heterocycles. The molecule has 0 radical (unpaired) electrons. The van der Waals surface area contributed by atoms with Crippen LogP contribution >= 0.6 is 22.6 Å². The Morgan fingerprint density at radius 3 is 2.59 bits per heavy atom. The minimum atomic E-state index is 0.564. The van der Waals surface area contributed by atoms with E-state index in [1.165, 1.54) is 9.13 Å². The van der Waals surface area contributed by atoms with E-state index < -0.39 is 0 Å². The molecule has 0 bridgehead atoms. The van der Waals surface area contributed by atoms with Gasteiger partial charge in [0.15, 0.2) is 0 Å². The van der Waals surface area contributed by atoms with Crippen LogP contribution in [0.1, 0.15) is 12.0 Å². The summed E-state index contributed by atoms with van der Waals surface area (Å²) in [6, 6.07) is 10.7. The predicted octanol–water partition coefficient (Wildman–Crippen LogP) is 2.65. The normalized spacial score (nSPS) is 10.5. The maximum Gasteiger partial charge on any atom is 0.0635 e. The van der Waals surface area contributed by atoms with Crippen molar-refractivity contribution in [3.8, 4) is 6.07 Å². The van der Waals surface area contributed by atoms with Crippen LogP contribution in [0.4, 0.5) is 0 Å². The van der Waals surface area contributed by atoms with Gasteiger partial charge in [0.25, 0.3) is 0 Å². The first-order valence-electron chi connectivity index (χ1n) is 5.59. The Morgan fingerprint density at radius 1 is 1.29 bits per heavy atom. The van der Waals surface area contributed by atoms with E-state index in [1.54, 1.807) is 7.11 Å². The highest BCUT2D eigenvalue weighted by Gasteiger charge is 2.05. The second-order valence-electron chi connectivity index (χ2n) is 3.80. The molecule has 4 heteroatoms. The molecule has 0 heterocycles. The molecule has 0 saturated heterocycles. The van der Waals surface area contributed by atoms with E-state index in [0.29, 0.717) is 13.0 Å². The minimum absolute atomic E-state index is 0.564. The molecule has 0 amide bonds. The molecule has 0 aliphatic rings. The fourth-order valence-electron chi connectivity index (χ4n) is 1.55. The average Bonchev–Trinajstić information content (AvgIpc) is 2.35. The third-order valence-corrected chi connectivity index (χ3v) is 3.19. The Balaban J connectivity index is 2.52. The van der Waals surface area contributed by atoms with Crippen LogP contribution in [0.2, 0.25) is 0 Å². The van der Waals surface area contributed by atoms with Crippen LogP contribution in [0.5, 0.6) is 0 Å².